The number of nitrogens with zero attached hydrogens (tertiary/aromatic N) is 2. The van der Waals surface area contributed by atoms with Crippen molar-refractivity contribution < 1.29 is 19.1 Å². The van der Waals surface area contributed by atoms with Crippen molar-refractivity contribution in [3.8, 4) is 5.75 Å². The molecule has 1 unspecified atom stereocenters. The molecule has 32 heavy (non-hydrogen) atoms. The van der Waals surface area contributed by atoms with Gasteiger partial charge in [-0.1, -0.05) is 18.2 Å². The van der Waals surface area contributed by atoms with Crippen molar-refractivity contribution >= 4 is 17.5 Å². The van der Waals surface area contributed by atoms with Crippen LogP contribution in [0.15, 0.2) is 65.1 Å². The average molecular weight is 433 g/mol. The molecule has 4 rings (SSSR count). The molecule has 6 heteroatoms. The summed E-state index contributed by atoms with van der Waals surface area (Å²) in [6.45, 7) is 5.49. The van der Waals surface area contributed by atoms with E-state index in [2.05, 4.69) is 4.98 Å². The molecule has 2 heterocycles. The van der Waals surface area contributed by atoms with Crippen LogP contribution in [-0.4, -0.2) is 35.7 Å². The third kappa shape index (κ3) is 4.22. The van der Waals surface area contributed by atoms with Crippen LogP contribution in [0, 0.1) is 5.92 Å². The van der Waals surface area contributed by atoms with Gasteiger partial charge in [0.05, 0.1) is 13.2 Å². The van der Waals surface area contributed by atoms with Gasteiger partial charge in [-0.15, -0.1) is 0 Å². The maximum Gasteiger partial charge on any atom is 0.315 e. The zero-order valence-electron chi connectivity index (χ0n) is 18.9. The standard InChI is InChI=1S/C26H28N2O4/c1-15(2)32-26(30)23-16(3)28-21-12-19(17-7-9-20(31-4)10-8-17)13-22(29)25(21)24(23)18-6-5-11-27-14-18/h5-11,14-15,19,23-24H,12-13H2,1-4H3/t19-,23?,24+/m0/s1. The van der Waals surface area contributed by atoms with Crippen LogP contribution in [0.25, 0.3) is 0 Å². The maximum absolute atomic E-state index is 13.5. The van der Waals surface area contributed by atoms with E-state index in [1.165, 1.54) is 0 Å². The van der Waals surface area contributed by atoms with Gasteiger partial charge in [-0.2, -0.15) is 0 Å². The van der Waals surface area contributed by atoms with E-state index in [4.69, 9.17) is 14.5 Å². The summed E-state index contributed by atoms with van der Waals surface area (Å²) in [7, 11) is 1.63. The second kappa shape index (κ2) is 9.07. The number of Topliss-reactive ketones (excluding diaryl/α,β-unsaturated/α-hetero) is 1. The van der Waals surface area contributed by atoms with Crippen LogP contribution in [-0.2, 0) is 14.3 Å². The molecule has 2 aromatic rings. The van der Waals surface area contributed by atoms with Crippen LogP contribution in [0.4, 0.5) is 0 Å². The Morgan fingerprint density at radius 1 is 1.09 bits per heavy atom. The Kier molecular flexibility index (Phi) is 6.21. The number of esters is 1. The van der Waals surface area contributed by atoms with Crippen molar-refractivity contribution in [1.82, 2.24) is 4.98 Å². The van der Waals surface area contributed by atoms with E-state index in [-0.39, 0.29) is 23.8 Å². The molecule has 2 aliphatic rings. The number of methoxy groups -OCH3 is 1. The number of aromatic nitrogens is 1. The molecule has 3 atom stereocenters. The largest absolute Gasteiger partial charge is 0.497 e. The lowest BCUT2D eigenvalue weighted by molar-refractivity contribution is -0.150. The highest BCUT2D eigenvalue weighted by Crippen LogP contribution is 2.46. The normalized spacial score (nSPS) is 23.0. The molecule has 0 fully saturated rings. The maximum atomic E-state index is 13.5. The summed E-state index contributed by atoms with van der Waals surface area (Å²) in [5, 5.41) is 0. The summed E-state index contributed by atoms with van der Waals surface area (Å²) < 4.78 is 10.8. The molecule has 166 valence electrons. The molecule has 0 amide bonds. The van der Waals surface area contributed by atoms with E-state index in [9.17, 15) is 9.59 Å². The highest BCUT2D eigenvalue weighted by Gasteiger charge is 2.45. The predicted octanol–water partition coefficient (Wildman–Crippen LogP) is 4.62. The summed E-state index contributed by atoms with van der Waals surface area (Å²) in [5.41, 5.74) is 3.97. The number of aliphatic imine (C=N–C) groups is 1. The van der Waals surface area contributed by atoms with Crippen LogP contribution < -0.4 is 4.74 Å². The topological polar surface area (TPSA) is 77.8 Å². The van der Waals surface area contributed by atoms with Gasteiger partial charge in [-0.05, 0) is 62.4 Å². The van der Waals surface area contributed by atoms with Crippen molar-refractivity contribution in [2.24, 2.45) is 10.9 Å². The zero-order chi connectivity index (χ0) is 22.8. The lowest BCUT2D eigenvalue weighted by atomic mass is 9.69. The number of allylic oxidation sites excluding steroid dienone is 2. The minimum Gasteiger partial charge on any atom is -0.497 e. The van der Waals surface area contributed by atoms with Crippen molar-refractivity contribution in [3.63, 3.8) is 0 Å². The van der Waals surface area contributed by atoms with Gasteiger partial charge >= 0.3 is 5.97 Å². The summed E-state index contributed by atoms with van der Waals surface area (Å²) >= 11 is 0. The van der Waals surface area contributed by atoms with E-state index < -0.39 is 11.8 Å². The highest BCUT2D eigenvalue weighted by atomic mass is 16.5. The minimum absolute atomic E-state index is 0.0273. The third-order valence-corrected chi connectivity index (χ3v) is 6.13. The van der Waals surface area contributed by atoms with Crippen molar-refractivity contribution in [3.05, 3.63) is 71.2 Å². The molecule has 1 aliphatic carbocycles. The zero-order valence-corrected chi connectivity index (χ0v) is 18.9. The van der Waals surface area contributed by atoms with Crippen LogP contribution in [0.1, 0.15) is 56.6 Å². The number of hydrogen-bond acceptors (Lipinski definition) is 6. The van der Waals surface area contributed by atoms with Gasteiger partial charge in [0.15, 0.2) is 5.78 Å². The second-order valence-electron chi connectivity index (χ2n) is 8.64. The van der Waals surface area contributed by atoms with E-state index >= 15 is 0 Å². The summed E-state index contributed by atoms with van der Waals surface area (Å²) in [6.07, 6.45) is 4.19. The van der Waals surface area contributed by atoms with E-state index in [0.29, 0.717) is 24.1 Å². The Morgan fingerprint density at radius 2 is 1.84 bits per heavy atom. The van der Waals surface area contributed by atoms with Gasteiger partial charge in [-0.3, -0.25) is 19.6 Å². The van der Waals surface area contributed by atoms with Gasteiger partial charge in [0.25, 0.3) is 0 Å². The van der Waals surface area contributed by atoms with Crippen LogP contribution in [0.5, 0.6) is 5.75 Å². The second-order valence-corrected chi connectivity index (χ2v) is 8.64. The smallest absolute Gasteiger partial charge is 0.315 e. The fourth-order valence-electron chi connectivity index (χ4n) is 4.70. The first-order valence-electron chi connectivity index (χ1n) is 10.9. The van der Waals surface area contributed by atoms with Crippen molar-refractivity contribution in [2.45, 2.75) is 51.6 Å². The number of carbonyl (C=O) groups excluding carboxylic acids is 2. The fraction of sp³-hybridized carbons (Fsp3) is 0.385. The molecule has 1 aliphatic heterocycles. The quantitative estimate of drug-likeness (QED) is 0.645. The number of hydrogen-bond donors (Lipinski definition) is 0. The average Bonchev–Trinajstić information content (AvgIpc) is 2.78. The number of rotatable bonds is 5. The Hall–Kier alpha value is -3.28. The van der Waals surface area contributed by atoms with Crippen LogP contribution >= 0.6 is 0 Å². The van der Waals surface area contributed by atoms with Gasteiger partial charge in [0.1, 0.15) is 11.7 Å². The van der Waals surface area contributed by atoms with E-state index in [1.807, 2.05) is 57.2 Å². The third-order valence-electron chi connectivity index (χ3n) is 6.13. The SMILES string of the molecule is COc1ccc([C@@H]2CC(=O)C3=C(C2)N=C(C)C(C(=O)OC(C)C)[C@H]3c2cccnc2)cc1. The molecule has 0 N–H and O–H groups in total. The van der Waals surface area contributed by atoms with Crippen LogP contribution in [0.3, 0.4) is 0 Å². The number of carbonyl (C=O) groups is 2. The molecule has 0 saturated heterocycles. The summed E-state index contributed by atoms with van der Waals surface area (Å²) in [4.78, 5) is 35.6. The van der Waals surface area contributed by atoms with Gasteiger partial charge in [0.2, 0.25) is 0 Å². The molecular weight excluding hydrogens is 404 g/mol. The lowest BCUT2D eigenvalue weighted by Gasteiger charge is -2.36. The lowest BCUT2D eigenvalue weighted by Crippen LogP contribution is -2.38. The molecule has 0 spiro atoms. The molecule has 0 bridgehead atoms. The minimum atomic E-state index is -0.637. The predicted molar refractivity (Wildman–Crippen MR) is 122 cm³/mol. The number of ether oxygens (including phenoxy) is 2. The molecular formula is C26H28N2O4. The Morgan fingerprint density at radius 3 is 2.47 bits per heavy atom. The Bertz CT molecular complexity index is 1070. The molecule has 1 aromatic carbocycles. The first-order valence-corrected chi connectivity index (χ1v) is 10.9. The van der Waals surface area contributed by atoms with Gasteiger partial charge < -0.3 is 9.47 Å². The number of pyridine rings is 1. The summed E-state index contributed by atoms with van der Waals surface area (Å²) in [6, 6.07) is 11.6. The molecule has 1 aromatic heterocycles. The Labute approximate surface area is 188 Å². The first-order chi connectivity index (χ1) is 15.4. The number of benzene rings is 1. The van der Waals surface area contributed by atoms with Gasteiger partial charge in [-0.25, -0.2) is 0 Å². The number of ketones is 1. The van der Waals surface area contributed by atoms with Gasteiger partial charge in [0, 0.05) is 41.7 Å². The first kappa shape index (κ1) is 21.9. The van der Waals surface area contributed by atoms with E-state index in [0.717, 1.165) is 22.6 Å². The molecule has 0 radical (unpaired) electrons. The van der Waals surface area contributed by atoms with Crippen LogP contribution in [0.2, 0.25) is 0 Å². The highest BCUT2D eigenvalue weighted by molar-refractivity contribution is 6.09. The fourth-order valence-corrected chi connectivity index (χ4v) is 4.70. The molecule has 0 saturated carbocycles. The summed E-state index contributed by atoms with van der Waals surface area (Å²) in [5.74, 6) is -0.581. The van der Waals surface area contributed by atoms with Crippen molar-refractivity contribution in [2.75, 3.05) is 7.11 Å². The monoisotopic (exact) mass is 432 g/mol. The molecule has 6 nitrogen and oxygen atoms in total. The van der Waals surface area contributed by atoms with Crippen molar-refractivity contribution in [1.29, 1.82) is 0 Å². The Balaban J connectivity index is 1.75. The van der Waals surface area contributed by atoms with E-state index in [1.54, 1.807) is 19.5 Å².